The van der Waals surface area contributed by atoms with Crippen LogP contribution in [0, 0.1) is 5.82 Å². The van der Waals surface area contributed by atoms with Gasteiger partial charge >= 0.3 is 0 Å². The van der Waals surface area contributed by atoms with E-state index >= 15 is 0 Å². The molecule has 19 heavy (non-hydrogen) atoms. The second-order valence-corrected chi connectivity index (χ2v) is 3.87. The van der Waals surface area contributed by atoms with Gasteiger partial charge in [-0.2, -0.15) is 0 Å². The normalized spacial score (nSPS) is 10.6. The van der Waals surface area contributed by atoms with Crippen molar-refractivity contribution in [3.05, 3.63) is 65.5 Å². The van der Waals surface area contributed by atoms with Crippen molar-refractivity contribution in [2.75, 3.05) is 7.11 Å². The van der Waals surface area contributed by atoms with Crippen LogP contribution in [0.4, 0.5) is 4.39 Å². The van der Waals surface area contributed by atoms with E-state index in [1.54, 1.807) is 31.5 Å². The van der Waals surface area contributed by atoms with Gasteiger partial charge in [0, 0.05) is 5.56 Å². The molecule has 4 heteroatoms. The molecule has 0 N–H and O–H groups in total. The molecule has 0 heterocycles. The number of halogens is 1. The summed E-state index contributed by atoms with van der Waals surface area (Å²) in [6, 6.07) is 13.8. The zero-order valence-corrected chi connectivity index (χ0v) is 10.5. The van der Waals surface area contributed by atoms with Crippen LogP contribution in [-0.4, -0.2) is 13.3 Å². The molecule has 0 saturated carbocycles. The van der Waals surface area contributed by atoms with E-state index in [1.807, 2.05) is 24.3 Å². The SMILES string of the molecule is COc1ccc(C=NOCc2ccccc2F)cc1. The molecule has 0 aliphatic carbocycles. The molecule has 0 fully saturated rings. The van der Waals surface area contributed by atoms with Crippen LogP contribution in [0.15, 0.2) is 53.7 Å². The first-order valence-electron chi connectivity index (χ1n) is 5.82. The molecule has 0 amide bonds. The Morgan fingerprint density at radius 3 is 2.53 bits per heavy atom. The lowest BCUT2D eigenvalue weighted by Gasteiger charge is -2.01. The zero-order chi connectivity index (χ0) is 13.5. The van der Waals surface area contributed by atoms with Gasteiger partial charge in [0.1, 0.15) is 18.2 Å². The Balaban J connectivity index is 1.88. The first kappa shape index (κ1) is 13.1. The summed E-state index contributed by atoms with van der Waals surface area (Å²) in [6.45, 7) is 0.110. The Bertz CT molecular complexity index is 552. The topological polar surface area (TPSA) is 30.8 Å². The Hall–Kier alpha value is -2.36. The highest BCUT2D eigenvalue weighted by Gasteiger charge is 1.99. The molecule has 0 saturated heterocycles. The van der Waals surface area contributed by atoms with Crippen molar-refractivity contribution < 1.29 is 14.0 Å². The molecule has 0 unspecified atom stereocenters. The molecule has 2 aromatic carbocycles. The summed E-state index contributed by atoms with van der Waals surface area (Å²) < 4.78 is 18.3. The van der Waals surface area contributed by atoms with Crippen molar-refractivity contribution in [1.29, 1.82) is 0 Å². The second kappa shape index (κ2) is 6.54. The average Bonchev–Trinajstić information content (AvgIpc) is 2.46. The zero-order valence-electron chi connectivity index (χ0n) is 10.5. The lowest BCUT2D eigenvalue weighted by atomic mass is 10.2. The van der Waals surface area contributed by atoms with Crippen molar-refractivity contribution in [3.63, 3.8) is 0 Å². The minimum absolute atomic E-state index is 0.110. The van der Waals surface area contributed by atoms with Crippen LogP contribution in [0.25, 0.3) is 0 Å². The maximum Gasteiger partial charge on any atom is 0.145 e. The van der Waals surface area contributed by atoms with Gasteiger partial charge in [0.05, 0.1) is 13.3 Å². The summed E-state index contributed by atoms with van der Waals surface area (Å²) in [7, 11) is 1.61. The van der Waals surface area contributed by atoms with Gasteiger partial charge in [-0.1, -0.05) is 23.4 Å². The molecule has 2 rings (SSSR count). The first-order valence-corrected chi connectivity index (χ1v) is 5.82. The van der Waals surface area contributed by atoms with Crippen molar-refractivity contribution in [2.24, 2.45) is 5.16 Å². The maximum absolute atomic E-state index is 13.3. The van der Waals surface area contributed by atoms with Gasteiger partial charge < -0.3 is 9.57 Å². The first-order chi connectivity index (χ1) is 9.29. The lowest BCUT2D eigenvalue weighted by Crippen LogP contribution is -1.92. The lowest BCUT2D eigenvalue weighted by molar-refractivity contribution is 0.129. The van der Waals surface area contributed by atoms with Crippen molar-refractivity contribution in [1.82, 2.24) is 0 Å². The van der Waals surface area contributed by atoms with Gasteiger partial charge in [-0.15, -0.1) is 0 Å². The average molecular weight is 259 g/mol. The summed E-state index contributed by atoms with van der Waals surface area (Å²) >= 11 is 0. The number of nitrogens with zero attached hydrogens (tertiary/aromatic N) is 1. The highest BCUT2D eigenvalue weighted by molar-refractivity contribution is 5.79. The van der Waals surface area contributed by atoms with Crippen LogP contribution >= 0.6 is 0 Å². The third-order valence-electron chi connectivity index (χ3n) is 2.57. The molecular formula is C15H14FNO2. The Labute approximate surface area is 111 Å². The number of methoxy groups -OCH3 is 1. The largest absolute Gasteiger partial charge is 0.497 e. The molecule has 0 aromatic heterocycles. The Kier molecular flexibility index (Phi) is 4.50. The van der Waals surface area contributed by atoms with Gasteiger partial charge in [-0.25, -0.2) is 4.39 Å². The molecule has 0 aliphatic rings. The molecule has 0 atom stereocenters. The summed E-state index contributed by atoms with van der Waals surface area (Å²) in [5.74, 6) is 0.492. The fraction of sp³-hybridized carbons (Fsp3) is 0.133. The van der Waals surface area contributed by atoms with Crippen LogP contribution in [0.1, 0.15) is 11.1 Å². The highest BCUT2D eigenvalue weighted by atomic mass is 19.1. The van der Waals surface area contributed by atoms with E-state index in [4.69, 9.17) is 9.57 Å². The number of ether oxygens (including phenoxy) is 1. The summed E-state index contributed by atoms with van der Waals surface area (Å²) in [5, 5.41) is 3.80. The van der Waals surface area contributed by atoms with Gasteiger partial charge in [0.15, 0.2) is 0 Å². The molecule has 0 bridgehead atoms. The monoisotopic (exact) mass is 259 g/mol. The number of hydrogen-bond acceptors (Lipinski definition) is 3. The summed E-state index contributed by atoms with van der Waals surface area (Å²) in [5.41, 5.74) is 1.36. The van der Waals surface area contributed by atoms with Crippen molar-refractivity contribution >= 4 is 6.21 Å². The van der Waals surface area contributed by atoms with Gasteiger partial charge in [-0.05, 0) is 35.9 Å². The smallest absolute Gasteiger partial charge is 0.145 e. The Morgan fingerprint density at radius 2 is 1.84 bits per heavy atom. The quantitative estimate of drug-likeness (QED) is 0.608. The fourth-order valence-corrected chi connectivity index (χ4v) is 1.51. The van der Waals surface area contributed by atoms with Crippen molar-refractivity contribution in [3.8, 4) is 5.75 Å². The molecule has 0 spiro atoms. The molecule has 98 valence electrons. The van der Waals surface area contributed by atoms with Crippen molar-refractivity contribution in [2.45, 2.75) is 6.61 Å². The van der Waals surface area contributed by atoms with E-state index in [1.165, 1.54) is 6.07 Å². The molecule has 3 nitrogen and oxygen atoms in total. The van der Waals surface area contributed by atoms with Gasteiger partial charge in [-0.3, -0.25) is 0 Å². The number of rotatable bonds is 5. The van der Waals surface area contributed by atoms with E-state index in [9.17, 15) is 4.39 Å². The Morgan fingerprint density at radius 1 is 1.11 bits per heavy atom. The standard InChI is InChI=1S/C15H14FNO2/c1-18-14-8-6-12(7-9-14)10-17-19-11-13-4-2-3-5-15(13)16/h2-10H,11H2,1H3. The van der Waals surface area contributed by atoms with E-state index < -0.39 is 0 Å². The number of oxime groups is 1. The third kappa shape index (κ3) is 3.81. The minimum Gasteiger partial charge on any atom is -0.497 e. The predicted octanol–water partition coefficient (Wildman–Crippen LogP) is 3.39. The third-order valence-corrected chi connectivity index (χ3v) is 2.57. The summed E-state index contributed by atoms with van der Waals surface area (Å²) in [4.78, 5) is 5.06. The van der Waals surface area contributed by atoms with Crippen LogP contribution in [0.3, 0.4) is 0 Å². The van der Waals surface area contributed by atoms with Crippen LogP contribution in [0.2, 0.25) is 0 Å². The highest BCUT2D eigenvalue weighted by Crippen LogP contribution is 2.10. The van der Waals surface area contributed by atoms with E-state index in [0.29, 0.717) is 5.56 Å². The van der Waals surface area contributed by atoms with Gasteiger partial charge in [0.2, 0.25) is 0 Å². The minimum atomic E-state index is -0.290. The molecular weight excluding hydrogens is 245 g/mol. The van der Waals surface area contributed by atoms with E-state index in [2.05, 4.69) is 5.16 Å². The molecule has 0 radical (unpaired) electrons. The van der Waals surface area contributed by atoms with Crippen LogP contribution in [0.5, 0.6) is 5.75 Å². The second-order valence-electron chi connectivity index (χ2n) is 3.87. The number of benzene rings is 2. The molecule has 2 aromatic rings. The molecule has 0 aliphatic heterocycles. The maximum atomic E-state index is 13.3. The summed E-state index contributed by atoms with van der Waals surface area (Å²) in [6.07, 6.45) is 1.57. The van der Waals surface area contributed by atoms with E-state index in [0.717, 1.165) is 11.3 Å². The van der Waals surface area contributed by atoms with Crippen LogP contribution < -0.4 is 4.74 Å². The van der Waals surface area contributed by atoms with Gasteiger partial charge in [0.25, 0.3) is 0 Å². The predicted molar refractivity (Wildman–Crippen MR) is 71.8 cm³/mol. The van der Waals surface area contributed by atoms with E-state index in [-0.39, 0.29) is 12.4 Å². The fourth-order valence-electron chi connectivity index (χ4n) is 1.51. The van der Waals surface area contributed by atoms with Crippen LogP contribution in [-0.2, 0) is 11.4 Å². The number of hydrogen-bond donors (Lipinski definition) is 0.